The highest BCUT2D eigenvalue weighted by molar-refractivity contribution is 6.39. The molecule has 1 saturated carbocycles. The molecular weight excluding hydrogens is 417 g/mol. The van der Waals surface area contributed by atoms with Crippen molar-refractivity contribution in [1.29, 1.82) is 0 Å². The van der Waals surface area contributed by atoms with Gasteiger partial charge in [-0.05, 0) is 67.3 Å². The highest BCUT2D eigenvalue weighted by Gasteiger charge is 2.30. The average Bonchev–Trinajstić information content (AvgIpc) is 3.10. The first-order valence-electron chi connectivity index (χ1n) is 10.5. The van der Waals surface area contributed by atoms with Crippen molar-refractivity contribution in [1.82, 2.24) is 15.3 Å². The van der Waals surface area contributed by atoms with Crippen molar-refractivity contribution in [2.45, 2.75) is 52.5 Å². The monoisotopic (exact) mass is 443 g/mol. The number of rotatable bonds is 3. The van der Waals surface area contributed by atoms with E-state index in [-0.39, 0.29) is 11.9 Å². The van der Waals surface area contributed by atoms with Crippen LogP contribution >= 0.6 is 23.2 Å². The summed E-state index contributed by atoms with van der Waals surface area (Å²) in [5, 5.41) is 4.28. The van der Waals surface area contributed by atoms with Crippen LogP contribution in [0.3, 0.4) is 0 Å². The minimum Gasteiger partial charge on any atom is -0.349 e. The van der Waals surface area contributed by atoms with E-state index in [4.69, 9.17) is 23.2 Å². The summed E-state index contributed by atoms with van der Waals surface area (Å²) < 4.78 is 0. The topological polar surface area (TPSA) is 57.8 Å². The lowest BCUT2D eigenvalue weighted by Crippen LogP contribution is -2.39. The molecule has 0 unspecified atom stereocenters. The first kappa shape index (κ1) is 21.2. The summed E-state index contributed by atoms with van der Waals surface area (Å²) in [5.74, 6) is 1.28. The van der Waals surface area contributed by atoms with E-state index in [1.54, 1.807) is 18.2 Å². The van der Waals surface area contributed by atoms with Crippen molar-refractivity contribution in [3.8, 4) is 11.4 Å². The van der Waals surface area contributed by atoms with E-state index in [2.05, 4.69) is 36.1 Å². The van der Waals surface area contributed by atoms with Crippen LogP contribution in [0.2, 0.25) is 10.0 Å². The third kappa shape index (κ3) is 4.35. The fraction of sp³-hybridized carbons (Fsp3) is 0.417. The van der Waals surface area contributed by atoms with E-state index in [1.165, 1.54) is 0 Å². The molecule has 1 amide bonds. The number of nitrogens with zero attached hydrogens (tertiary/aromatic N) is 1. The lowest BCUT2D eigenvalue weighted by molar-refractivity contribution is 0.0904. The summed E-state index contributed by atoms with van der Waals surface area (Å²) >= 11 is 12.6. The number of halogens is 2. The third-order valence-electron chi connectivity index (χ3n) is 6.23. The van der Waals surface area contributed by atoms with Crippen molar-refractivity contribution in [2.75, 3.05) is 0 Å². The molecule has 0 spiro atoms. The SMILES string of the molecule is CC(C)(C)C1CCC(NC(=O)c2ccc3nc(-c4c(Cl)cccc4Cl)[nH]c3c2)CC1. The van der Waals surface area contributed by atoms with Crippen LogP contribution in [0, 0.1) is 11.3 Å². The number of hydrogen-bond acceptors (Lipinski definition) is 2. The maximum Gasteiger partial charge on any atom is 0.251 e. The standard InChI is InChI=1S/C24H27Cl2N3O/c1-24(2,3)15-8-10-16(11-9-15)27-23(30)14-7-12-19-20(13-14)29-22(28-19)21-17(25)5-4-6-18(21)26/h4-7,12-13,15-16H,8-11H2,1-3H3,(H,27,30)(H,28,29). The lowest BCUT2D eigenvalue weighted by Gasteiger charge is -2.37. The van der Waals surface area contributed by atoms with Gasteiger partial charge in [0.1, 0.15) is 5.82 Å². The second-order valence-electron chi connectivity index (χ2n) is 9.30. The Kier molecular flexibility index (Phi) is 5.82. The van der Waals surface area contributed by atoms with Gasteiger partial charge in [-0.15, -0.1) is 0 Å². The zero-order valence-corrected chi connectivity index (χ0v) is 19.1. The fourth-order valence-electron chi connectivity index (χ4n) is 4.37. The Hall–Kier alpha value is -2.04. The van der Waals surface area contributed by atoms with Gasteiger partial charge in [-0.1, -0.05) is 50.0 Å². The Morgan fingerprint density at radius 2 is 1.73 bits per heavy atom. The largest absolute Gasteiger partial charge is 0.349 e. The van der Waals surface area contributed by atoms with Gasteiger partial charge in [0.15, 0.2) is 0 Å². The average molecular weight is 444 g/mol. The van der Waals surface area contributed by atoms with Gasteiger partial charge in [0.25, 0.3) is 5.91 Å². The van der Waals surface area contributed by atoms with Crippen LogP contribution in [-0.4, -0.2) is 21.9 Å². The van der Waals surface area contributed by atoms with Crippen LogP contribution in [0.4, 0.5) is 0 Å². The summed E-state index contributed by atoms with van der Waals surface area (Å²) in [7, 11) is 0. The van der Waals surface area contributed by atoms with Crippen molar-refractivity contribution >= 4 is 40.1 Å². The summed E-state index contributed by atoms with van der Waals surface area (Å²) in [4.78, 5) is 20.7. The Labute approximate surface area is 187 Å². The van der Waals surface area contributed by atoms with Gasteiger partial charge >= 0.3 is 0 Å². The minimum atomic E-state index is -0.0389. The summed E-state index contributed by atoms with van der Waals surface area (Å²) in [6, 6.07) is 11.1. The van der Waals surface area contributed by atoms with Crippen molar-refractivity contribution < 1.29 is 4.79 Å². The second-order valence-corrected chi connectivity index (χ2v) is 10.1. The summed E-state index contributed by atoms with van der Waals surface area (Å²) in [6.45, 7) is 6.92. The molecule has 1 heterocycles. The number of nitrogens with one attached hydrogen (secondary N) is 2. The van der Waals surface area contributed by atoms with E-state index in [0.717, 1.165) is 42.6 Å². The smallest absolute Gasteiger partial charge is 0.251 e. The zero-order chi connectivity index (χ0) is 21.5. The van der Waals surface area contributed by atoms with Crippen molar-refractivity contribution in [3.05, 3.63) is 52.0 Å². The van der Waals surface area contributed by atoms with Gasteiger partial charge in [-0.25, -0.2) is 4.98 Å². The molecule has 0 bridgehead atoms. The van der Waals surface area contributed by atoms with Gasteiger partial charge in [-0.2, -0.15) is 0 Å². The predicted molar refractivity (Wildman–Crippen MR) is 124 cm³/mol. The van der Waals surface area contributed by atoms with Gasteiger partial charge in [0, 0.05) is 11.6 Å². The van der Waals surface area contributed by atoms with Crippen LogP contribution in [0.15, 0.2) is 36.4 Å². The number of hydrogen-bond donors (Lipinski definition) is 2. The van der Waals surface area contributed by atoms with Gasteiger partial charge in [0.2, 0.25) is 0 Å². The number of aromatic amines is 1. The van der Waals surface area contributed by atoms with Crippen LogP contribution < -0.4 is 5.32 Å². The normalized spacial score (nSPS) is 19.8. The molecule has 0 radical (unpaired) electrons. The van der Waals surface area contributed by atoms with Gasteiger partial charge in [0.05, 0.1) is 26.6 Å². The van der Waals surface area contributed by atoms with E-state index >= 15 is 0 Å². The van der Waals surface area contributed by atoms with Crippen molar-refractivity contribution in [3.63, 3.8) is 0 Å². The van der Waals surface area contributed by atoms with Crippen LogP contribution in [0.25, 0.3) is 22.4 Å². The van der Waals surface area contributed by atoms with Crippen LogP contribution in [-0.2, 0) is 0 Å². The molecule has 2 aromatic carbocycles. The maximum atomic E-state index is 12.8. The van der Waals surface area contributed by atoms with E-state index < -0.39 is 0 Å². The summed E-state index contributed by atoms with van der Waals surface area (Å²) in [6.07, 6.45) is 4.40. The molecule has 30 heavy (non-hydrogen) atoms. The first-order chi connectivity index (χ1) is 14.2. The van der Waals surface area contributed by atoms with Gasteiger partial charge < -0.3 is 10.3 Å². The molecule has 0 saturated heterocycles. The molecule has 3 aromatic rings. The van der Waals surface area contributed by atoms with Crippen molar-refractivity contribution in [2.24, 2.45) is 11.3 Å². The quantitative estimate of drug-likeness (QED) is 0.463. The fourth-order valence-corrected chi connectivity index (χ4v) is 4.94. The van der Waals surface area contributed by atoms with E-state index in [9.17, 15) is 4.79 Å². The van der Waals surface area contributed by atoms with Gasteiger partial charge in [-0.3, -0.25) is 4.79 Å². The number of carbonyl (C=O) groups excluding carboxylic acids is 1. The maximum absolute atomic E-state index is 12.8. The second kappa shape index (κ2) is 8.24. The highest BCUT2D eigenvalue weighted by Crippen LogP contribution is 2.38. The number of benzene rings is 2. The Bertz CT molecular complexity index is 1060. The number of aromatic nitrogens is 2. The molecular formula is C24H27Cl2N3O. The number of H-pyrrole nitrogens is 1. The lowest BCUT2D eigenvalue weighted by atomic mass is 9.71. The Balaban J connectivity index is 1.49. The number of fused-ring (bicyclic) bond motifs is 1. The predicted octanol–water partition coefficient (Wildman–Crippen LogP) is 6.87. The highest BCUT2D eigenvalue weighted by atomic mass is 35.5. The molecule has 1 aliphatic rings. The molecule has 1 aromatic heterocycles. The van der Waals surface area contributed by atoms with Crippen LogP contribution in [0.5, 0.6) is 0 Å². The molecule has 4 nitrogen and oxygen atoms in total. The molecule has 0 atom stereocenters. The Morgan fingerprint density at radius 3 is 2.37 bits per heavy atom. The van der Waals surface area contributed by atoms with E-state index in [0.29, 0.717) is 32.4 Å². The van der Waals surface area contributed by atoms with E-state index in [1.807, 2.05) is 18.2 Å². The molecule has 1 aliphatic carbocycles. The molecule has 2 N–H and O–H groups in total. The molecule has 0 aliphatic heterocycles. The Morgan fingerprint density at radius 1 is 1.07 bits per heavy atom. The van der Waals surface area contributed by atoms with Crippen LogP contribution in [0.1, 0.15) is 56.8 Å². The molecule has 1 fully saturated rings. The summed E-state index contributed by atoms with van der Waals surface area (Å²) in [5.41, 5.74) is 3.18. The number of amides is 1. The minimum absolute atomic E-state index is 0.0389. The molecule has 6 heteroatoms. The first-order valence-corrected chi connectivity index (χ1v) is 11.2. The molecule has 4 rings (SSSR count). The molecule has 158 valence electrons. The third-order valence-corrected chi connectivity index (χ3v) is 6.86. The zero-order valence-electron chi connectivity index (χ0n) is 17.6. The number of carbonyl (C=O) groups is 1. The number of imidazole rings is 1.